The van der Waals surface area contributed by atoms with E-state index in [0.717, 1.165) is 0 Å². The second-order valence-corrected chi connectivity index (χ2v) is 3.80. The van der Waals surface area contributed by atoms with E-state index in [1.807, 2.05) is 14.0 Å². The first kappa shape index (κ1) is 12.2. The lowest BCUT2D eigenvalue weighted by molar-refractivity contribution is 0.0747. The minimum Gasteiger partial charge on any atom is -0.340 e. The van der Waals surface area contributed by atoms with E-state index in [-0.39, 0.29) is 11.8 Å². The summed E-state index contributed by atoms with van der Waals surface area (Å²) in [5.74, 6) is -0.280. The van der Waals surface area contributed by atoms with Gasteiger partial charge in [-0.15, -0.1) is 0 Å². The molecule has 0 spiro atoms. The first-order valence-corrected chi connectivity index (χ1v) is 5.25. The average molecular weight is 220 g/mol. The van der Waals surface area contributed by atoms with Gasteiger partial charge in [0.15, 0.2) is 0 Å². The minimum absolute atomic E-state index is 0.120. The number of carbonyl (C=O) groups is 1. The highest BCUT2D eigenvalue weighted by Gasteiger charge is 2.18. The highest BCUT2D eigenvalue weighted by Crippen LogP contribution is 2.05. The van der Waals surface area contributed by atoms with Crippen LogP contribution in [-0.2, 0) is 7.05 Å². The molecule has 0 fully saturated rings. The first-order valence-electron chi connectivity index (χ1n) is 5.25. The Morgan fingerprint density at radius 2 is 2.44 bits per heavy atom. The lowest BCUT2D eigenvalue weighted by Gasteiger charge is -2.20. The van der Waals surface area contributed by atoms with Gasteiger partial charge < -0.3 is 9.47 Å². The third-order valence-electron chi connectivity index (χ3n) is 2.31. The summed E-state index contributed by atoms with van der Waals surface area (Å²) in [6.45, 7) is 4.73. The molecular formula is C11H16N4O. The number of aromatic nitrogens is 2. The maximum absolute atomic E-state index is 12.0. The van der Waals surface area contributed by atoms with Crippen LogP contribution in [0.15, 0.2) is 12.5 Å². The Hall–Kier alpha value is -1.83. The van der Waals surface area contributed by atoms with Crippen molar-refractivity contribution >= 4 is 5.91 Å². The Morgan fingerprint density at radius 1 is 1.75 bits per heavy atom. The fourth-order valence-electron chi connectivity index (χ4n) is 1.41. The van der Waals surface area contributed by atoms with Gasteiger partial charge in [0, 0.05) is 26.3 Å². The van der Waals surface area contributed by atoms with Gasteiger partial charge in [0.2, 0.25) is 0 Å². The van der Waals surface area contributed by atoms with Crippen LogP contribution in [0.5, 0.6) is 0 Å². The zero-order chi connectivity index (χ0) is 12.1. The molecule has 16 heavy (non-hydrogen) atoms. The van der Waals surface area contributed by atoms with Crippen LogP contribution in [0.1, 0.15) is 24.3 Å². The summed E-state index contributed by atoms with van der Waals surface area (Å²) < 4.78 is 1.73. The Bertz CT molecular complexity index is 404. The predicted molar refractivity (Wildman–Crippen MR) is 59.6 cm³/mol. The van der Waals surface area contributed by atoms with E-state index >= 15 is 0 Å². The van der Waals surface area contributed by atoms with Crippen LogP contribution in [0, 0.1) is 17.2 Å². The quantitative estimate of drug-likeness (QED) is 0.761. The Morgan fingerprint density at radius 3 is 2.88 bits per heavy atom. The topological polar surface area (TPSA) is 61.9 Å². The van der Waals surface area contributed by atoms with Crippen molar-refractivity contribution in [2.24, 2.45) is 13.0 Å². The van der Waals surface area contributed by atoms with Crippen LogP contribution in [0.25, 0.3) is 0 Å². The molecular weight excluding hydrogens is 204 g/mol. The van der Waals surface area contributed by atoms with Crippen molar-refractivity contribution in [2.75, 3.05) is 13.1 Å². The molecule has 1 heterocycles. The normalized spacial score (nSPS) is 11.9. The minimum atomic E-state index is -0.160. The number of hydrogen-bond donors (Lipinski definition) is 0. The van der Waals surface area contributed by atoms with Crippen molar-refractivity contribution in [3.63, 3.8) is 0 Å². The molecule has 5 nitrogen and oxygen atoms in total. The molecule has 0 saturated carbocycles. The van der Waals surface area contributed by atoms with Crippen LogP contribution < -0.4 is 0 Å². The number of amides is 1. The molecule has 1 atom stereocenters. The number of imidazole rings is 1. The standard InChI is InChI=1S/C11H16N4O/c1-4-15(6-9(2)5-12)11(16)10-7-14(3)8-13-10/h7-9H,4,6H2,1-3H3. The maximum atomic E-state index is 12.0. The molecule has 0 bridgehead atoms. The second kappa shape index (κ2) is 5.31. The largest absolute Gasteiger partial charge is 0.340 e. The van der Waals surface area contributed by atoms with Gasteiger partial charge in [-0.25, -0.2) is 4.98 Å². The van der Waals surface area contributed by atoms with E-state index in [0.29, 0.717) is 18.8 Å². The van der Waals surface area contributed by atoms with Gasteiger partial charge in [-0.05, 0) is 13.8 Å². The molecule has 5 heteroatoms. The lowest BCUT2D eigenvalue weighted by Crippen LogP contribution is -2.34. The summed E-state index contributed by atoms with van der Waals surface area (Å²) in [4.78, 5) is 17.6. The maximum Gasteiger partial charge on any atom is 0.274 e. The average Bonchev–Trinajstić information content (AvgIpc) is 2.71. The SMILES string of the molecule is CCN(CC(C)C#N)C(=O)c1cn(C)cn1. The molecule has 0 aliphatic carbocycles. The van der Waals surface area contributed by atoms with E-state index in [1.165, 1.54) is 0 Å². The van der Waals surface area contributed by atoms with Gasteiger partial charge >= 0.3 is 0 Å². The fraction of sp³-hybridized carbons (Fsp3) is 0.545. The fourth-order valence-corrected chi connectivity index (χ4v) is 1.41. The number of aryl methyl sites for hydroxylation is 1. The molecule has 0 saturated heterocycles. The van der Waals surface area contributed by atoms with Crippen LogP contribution >= 0.6 is 0 Å². The van der Waals surface area contributed by atoms with Gasteiger partial charge in [-0.3, -0.25) is 4.79 Å². The van der Waals surface area contributed by atoms with Gasteiger partial charge in [0.25, 0.3) is 5.91 Å². The predicted octanol–water partition coefficient (Wildman–Crippen LogP) is 1.04. The Labute approximate surface area is 95.3 Å². The highest BCUT2D eigenvalue weighted by atomic mass is 16.2. The summed E-state index contributed by atoms with van der Waals surface area (Å²) >= 11 is 0. The molecule has 1 unspecified atom stereocenters. The smallest absolute Gasteiger partial charge is 0.274 e. The Balaban J connectivity index is 2.74. The first-order chi connectivity index (χ1) is 7.58. The van der Waals surface area contributed by atoms with Crippen molar-refractivity contribution in [2.45, 2.75) is 13.8 Å². The van der Waals surface area contributed by atoms with Gasteiger partial charge in [0.05, 0.1) is 18.3 Å². The monoisotopic (exact) mass is 220 g/mol. The van der Waals surface area contributed by atoms with Crippen molar-refractivity contribution in [3.8, 4) is 6.07 Å². The van der Waals surface area contributed by atoms with Crippen LogP contribution in [0.3, 0.4) is 0 Å². The molecule has 1 rings (SSSR count). The van der Waals surface area contributed by atoms with Crippen LogP contribution in [0.4, 0.5) is 0 Å². The molecule has 1 aromatic heterocycles. The molecule has 0 radical (unpaired) electrons. The second-order valence-electron chi connectivity index (χ2n) is 3.80. The van der Waals surface area contributed by atoms with Crippen molar-refractivity contribution < 1.29 is 4.79 Å². The van der Waals surface area contributed by atoms with E-state index < -0.39 is 0 Å². The van der Waals surface area contributed by atoms with Crippen molar-refractivity contribution in [3.05, 3.63) is 18.2 Å². The molecule has 0 aliphatic rings. The number of nitriles is 1. The summed E-state index contributed by atoms with van der Waals surface area (Å²) in [5.41, 5.74) is 0.425. The van der Waals surface area contributed by atoms with Crippen molar-refractivity contribution in [1.82, 2.24) is 14.5 Å². The molecule has 0 N–H and O–H groups in total. The van der Waals surface area contributed by atoms with Crippen LogP contribution in [0.2, 0.25) is 0 Å². The van der Waals surface area contributed by atoms with E-state index in [4.69, 9.17) is 5.26 Å². The molecule has 86 valence electrons. The van der Waals surface area contributed by atoms with E-state index in [9.17, 15) is 4.79 Å². The van der Waals surface area contributed by atoms with Gasteiger partial charge in [-0.1, -0.05) is 0 Å². The molecule has 0 aromatic carbocycles. The Kier molecular flexibility index (Phi) is 4.06. The number of hydrogen-bond acceptors (Lipinski definition) is 3. The summed E-state index contributed by atoms with van der Waals surface area (Å²) in [7, 11) is 1.82. The van der Waals surface area contributed by atoms with Crippen LogP contribution in [-0.4, -0.2) is 33.4 Å². The summed E-state index contributed by atoms with van der Waals surface area (Å²) in [5, 5.41) is 8.73. The number of nitrogens with zero attached hydrogens (tertiary/aromatic N) is 4. The van der Waals surface area contributed by atoms with E-state index in [2.05, 4.69) is 11.1 Å². The third kappa shape index (κ3) is 2.83. The molecule has 0 aliphatic heterocycles. The van der Waals surface area contributed by atoms with Gasteiger partial charge in [-0.2, -0.15) is 5.26 Å². The van der Waals surface area contributed by atoms with Crippen molar-refractivity contribution in [1.29, 1.82) is 5.26 Å². The molecule has 1 aromatic rings. The lowest BCUT2D eigenvalue weighted by atomic mass is 10.2. The number of rotatable bonds is 4. The highest BCUT2D eigenvalue weighted by molar-refractivity contribution is 5.92. The zero-order valence-electron chi connectivity index (χ0n) is 9.84. The van der Waals surface area contributed by atoms with E-state index in [1.54, 1.807) is 28.9 Å². The summed E-state index contributed by atoms with van der Waals surface area (Å²) in [6.07, 6.45) is 3.27. The zero-order valence-corrected chi connectivity index (χ0v) is 9.84. The molecule has 1 amide bonds. The third-order valence-corrected chi connectivity index (χ3v) is 2.31. The van der Waals surface area contributed by atoms with Gasteiger partial charge in [0.1, 0.15) is 5.69 Å². The summed E-state index contributed by atoms with van der Waals surface area (Å²) in [6, 6.07) is 2.12. The number of carbonyl (C=O) groups excluding carboxylic acids is 1.